The van der Waals surface area contributed by atoms with Crippen molar-refractivity contribution in [3.05, 3.63) is 0 Å². The highest BCUT2D eigenvalue weighted by Crippen LogP contribution is 2.57. The SMILES string of the molecule is CCOP(=O)(OCC)[C@@H]1CCCC[C@H]1O. The normalized spacial score (nSPS) is 27.9. The van der Waals surface area contributed by atoms with Gasteiger partial charge in [0.05, 0.1) is 25.0 Å². The monoisotopic (exact) mass is 236 g/mol. The summed E-state index contributed by atoms with van der Waals surface area (Å²) in [6.45, 7) is 4.31. The van der Waals surface area contributed by atoms with E-state index < -0.39 is 13.7 Å². The molecule has 0 amide bonds. The Balaban J connectivity index is 2.72. The second kappa shape index (κ2) is 6.00. The summed E-state index contributed by atoms with van der Waals surface area (Å²) in [5.41, 5.74) is -0.328. The number of hydrogen-bond donors (Lipinski definition) is 1. The smallest absolute Gasteiger partial charge is 0.336 e. The summed E-state index contributed by atoms with van der Waals surface area (Å²) in [4.78, 5) is 0. The van der Waals surface area contributed by atoms with E-state index in [1.54, 1.807) is 13.8 Å². The average Bonchev–Trinajstić information content (AvgIpc) is 2.19. The van der Waals surface area contributed by atoms with Crippen LogP contribution in [0.5, 0.6) is 0 Å². The highest BCUT2D eigenvalue weighted by molar-refractivity contribution is 7.54. The number of aliphatic hydroxyl groups excluding tert-OH is 1. The van der Waals surface area contributed by atoms with Gasteiger partial charge in [0.2, 0.25) is 0 Å². The van der Waals surface area contributed by atoms with Crippen LogP contribution in [-0.4, -0.2) is 30.1 Å². The van der Waals surface area contributed by atoms with E-state index in [4.69, 9.17) is 9.05 Å². The molecule has 1 fully saturated rings. The molecule has 0 aromatic rings. The van der Waals surface area contributed by atoms with Gasteiger partial charge in [-0.25, -0.2) is 0 Å². The van der Waals surface area contributed by atoms with Crippen LogP contribution >= 0.6 is 7.60 Å². The molecule has 4 nitrogen and oxygen atoms in total. The fraction of sp³-hybridized carbons (Fsp3) is 1.00. The Hall–Kier alpha value is 0.110. The van der Waals surface area contributed by atoms with E-state index in [-0.39, 0.29) is 5.66 Å². The molecule has 0 spiro atoms. The summed E-state index contributed by atoms with van der Waals surface area (Å²) in [5, 5.41) is 9.83. The molecule has 5 heteroatoms. The fourth-order valence-corrected chi connectivity index (χ4v) is 4.30. The lowest BCUT2D eigenvalue weighted by molar-refractivity contribution is 0.109. The van der Waals surface area contributed by atoms with Crippen molar-refractivity contribution in [1.82, 2.24) is 0 Å². The van der Waals surface area contributed by atoms with Crippen LogP contribution in [-0.2, 0) is 13.6 Å². The molecule has 1 aliphatic carbocycles. The highest BCUT2D eigenvalue weighted by atomic mass is 31.2. The summed E-state index contributed by atoms with van der Waals surface area (Å²) in [6, 6.07) is 0. The van der Waals surface area contributed by atoms with Gasteiger partial charge in [-0.05, 0) is 26.7 Å². The predicted octanol–water partition coefficient (Wildman–Crippen LogP) is 2.56. The maximum Gasteiger partial charge on any atom is 0.336 e. The Morgan fingerprint density at radius 2 is 1.73 bits per heavy atom. The molecule has 0 aromatic heterocycles. The molecule has 0 bridgehead atoms. The van der Waals surface area contributed by atoms with Gasteiger partial charge in [-0.3, -0.25) is 4.57 Å². The van der Waals surface area contributed by atoms with Gasteiger partial charge in [0, 0.05) is 0 Å². The van der Waals surface area contributed by atoms with Gasteiger partial charge < -0.3 is 14.2 Å². The summed E-state index contributed by atoms with van der Waals surface area (Å²) in [6.07, 6.45) is 2.89. The van der Waals surface area contributed by atoms with Gasteiger partial charge in [0.1, 0.15) is 0 Å². The van der Waals surface area contributed by atoms with Gasteiger partial charge >= 0.3 is 7.60 Å². The number of aliphatic hydroxyl groups is 1. The van der Waals surface area contributed by atoms with Crippen molar-refractivity contribution in [3.8, 4) is 0 Å². The van der Waals surface area contributed by atoms with Crippen LogP contribution in [0, 0.1) is 0 Å². The van der Waals surface area contributed by atoms with E-state index in [0.717, 1.165) is 19.3 Å². The molecule has 15 heavy (non-hydrogen) atoms. The number of rotatable bonds is 5. The molecule has 2 atom stereocenters. The molecule has 0 heterocycles. The molecule has 1 aliphatic rings. The molecular weight excluding hydrogens is 215 g/mol. The number of hydrogen-bond acceptors (Lipinski definition) is 4. The zero-order valence-electron chi connectivity index (χ0n) is 9.52. The lowest BCUT2D eigenvalue weighted by atomic mass is 9.97. The topological polar surface area (TPSA) is 55.8 Å². The molecule has 90 valence electrons. The van der Waals surface area contributed by atoms with E-state index in [1.807, 2.05) is 0 Å². The third-order valence-corrected chi connectivity index (χ3v) is 5.37. The van der Waals surface area contributed by atoms with E-state index >= 15 is 0 Å². The summed E-state index contributed by atoms with van der Waals surface area (Å²) in [5.74, 6) is 0. The molecule has 0 aliphatic heterocycles. The lowest BCUT2D eigenvalue weighted by Crippen LogP contribution is -2.31. The molecule has 0 radical (unpaired) electrons. The van der Waals surface area contributed by atoms with Gasteiger partial charge in [0.25, 0.3) is 0 Å². The largest absolute Gasteiger partial charge is 0.392 e. The first-order valence-electron chi connectivity index (χ1n) is 5.71. The van der Waals surface area contributed by atoms with E-state index in [9.17, 15) is 9.67 Å². The Morgan fingerprint density at radius 3 is 2.20 bits per heavy atom. The quantitative estimate of drug-likeness (QED) is 0.745. The Morgan fingerprint density at radius 1 is 1.20 bits per heavy atom. The van der Waals surface area contributed by atoms with Crippen molar-refractivity contribution in [2.24, 2.45) is 0 Å². The first-order chi connectivity index (χ1) is 7.14. The van der Waals surface area contributed by atoms with Crippen molar-refractivity contribution in [1.29, 1.82) is 0 Å². The van der Waals surface area contributed by atoms with Crippen LogP contribution in [0.25, 0.3) is 0 Å². The van der Waals surface area contributed by atoms with Crippen LogP contribution in [0.2, 0.25) is 0 Å². The fourth-order valence-electron chi connectivity index (χ4n) is 2.05. The van der Waals surface area contributed by atoms with Crippen LogP contribution in [0.15, 0.2) is 0 Å². The second-order valence-corrected chi connectivity index (χ2v) is 6.05. The van der Waals surface area contributed by atoms with Crippen LogP contribution in [0.1, 0.15) is 39.5 Å². The first kappa shape index (κ1) is 13.2. The molecule has 0 unspecified atom stereocenters. The van der Waals surface area contributed by atoms with Gasteiger partial charge in [-0.1, -0.05) is 12.8 Å². The maximum absolute atomic E-state index is 12.4. The zero-order valence-corrected chi connectivity index (χ0v) is 10.4. The minimum Gasteiger partial charge on any atom is -0.392 e. The molecule has 1 saturated carbocycles. The Bertz CT molecular complexity index is 221. The Labute approximate surface area is 91.5 Å². The van der Waals surface area contributed by atoms with Crippen molar-refractivity contribution in [2.75, 3.05) is 13.2 Å². The summed E-state index contributed by atoms with van der Waals surface area (Å²) < 4.78 is 22.9. The van der Waals surface area contributed by atoms with Crippen molar-refractivity contribution < 1.29 is 18.7 Å². The highest BCUT2D eigenvalue weighted by Gasteiger charge is 2.41. The Kier molecular flexibility index (Phi) is 5.27. The average molecular weight is 236 g/mol. The van der Waals surface area contributed by atoms with Crippen LogP contribution in [0.3, 0.4) is 0 Å². The van der Waals surface area contributed by atoms with Crippen molar-refractivity contribution in [3.63, 3.8) is 0 Å². The van der Waals surface area contributed by atoms with Crippen molar-refractivity contribution >= 4 is 7.60 Å². The van der Waals surface area contributed by atoms with Gasteiger partial charge in [-0.15, -0.1) is 0 Å². The molecule has 1 rings (SSSR count). The third-order valence-electron chi connectivity index (χ3n) is 2.72. The summed E-state index contributed by atoms with van der Waals surface area (Å²) in [7, 11) is -3.10. The minimum absolute atomic E-state index is 0.328. The van der Waals surface area contributed by atoms with E-state index in [0.29, 0.717) is 19.6 Å². The predicted molar refractivity (Wildman–Crippen MR) is 59.1 cm³/mol. The first-order valence-corrected chi connectivity index (χ1v) is 7.32. The minimum atomic E-state index is -3.10. The maximum atomic E-state index is 12.4. The lowest BCUT2D eigenvalue weighted by Gasteiger charge is -2.32. The van der Waals surface area contributed by atoms with Crippen molar-refractivity contribution in [2.45, 2.75) is 51.3 Å². The third kappa shape index (κ3) is 3.28. The summed E-state index contributed by atoms with van der Waals surface area (Å²) >= 11 is 0. The molecule has 0 saturated heterocycles. The van der Waals surface area contributed by atoms with Gasteiger partial charge in [-0.2, -0.15) is 0 Å². The van der Waals surface area contributed by atoms with Crippen LogP contribution in [0.4, 0.5) is 0 Å². The molecule has 0 aromatic carbocycles. The van der Waals surface area contributed by atoms with E-state index in [1.165, 1.54) is 0 Å². The zero-order chi connectivity index (χ0) is 11.3. The second-order valence-electron chi connectivity index (χ2n) is 3.79. The van der Waals surface area contributed by atoms with Crippen LogP contribution < -0.4 is 0 Å². The standard InChI is InChI=1S/C10H21O4P/c1-3-13-15(12,14-4-2)10-8-6-5-7-9(10)11/h9-11H,3-8H2,1-2H3/t9-,10-/m1/s1. The molecular formula is C10H21O4P. The van der Waals surface area contributed by atoms with Gasteiger partial charge in [0.15, 0.2) is 0 Å². The van der Waals surface area contributed by atoms with E-state index in [2.05, 4.69) is 0 Å². The molecule has 1 N–H and O–H groups in total.